The SMILES string of the molecule is CC1=NSS(Cl)=N1. The molecule has 0 aromatic heterocycles. The second kappa shape index (κ2) is 2.15. The molecule has 1 rings (SSSR count). The second-order valence-electron chi connectivity index (χ2n) is 1.01. The van der Waals surface area contributed by atoms with Gasteiger partial charge in [-0.15, -0.1) is 0 Å². The van der Waals surface area contributed by atoms with Crippen molar-refractivity contribution >= 4 is 36.4 Å². The van der Waals surface area contributed by atoms with E-state index in [1.807, 2.05) is 6.92 Å². The lowest BCUT2D eigenvalue weighted by Gasteiger charge is -1.72. The maximum Gasteiger partial charge on any atom is 0.144 e. The van der Waals surface area contributed by atoms with Crippen LogP contribution in [0.2, 0.25) is 0 Å². The molecule has 1 atom stereocenters. The van der Waals surface area contributed by atoms with Gasteiger partial charge in [0.05, 0.1) is 19.9 Å². The summed E-state index contributed by atoms with van der Waals surface area (Å²) in [6.45, 7) is 1.84. The average molecular weight is 155 g/mol. The molecule has 1 unspecified atom stereocenters. The quantitative estimate of drug-likeness (QED) is 0.387. The molecule has 40 valence electrons. The Balaban J connectivity index is 2.69. The van der Waals surface area contributed by atoms with Gasteiger partial charge < -0.3 is 0 Å². The van der Waals surface area contributed by atoms with Crippen LogP contribution in [0.3, 0.4) is 0 Å². The van der Waals surface area contributed by atoms with Crippen LogP contribution < -0.4 is 0 Å². The molecule has 0 saturated heterocycles. The van der Waals surface area contributed by atoms with Crippen LogP contribution in [-0.4, -0.2) is 5.84 Å². The number of nitrogens with zero attached hydrogens (tertiary/aromatic N) is 2. The van der Waals surface area contributed by atoms with Crippen LogP contribution >= 0.6 is 21.7 Å². The molecule has 2 nitrogen and oxygen atoms in total. The topological polar surface area (TPSA) is 24.7 Å². The number of halogens is 1. The maximum absolute atomic E-state index is 5.52. The van der Waals surface area contributed by atoms with Gasteiger partial charge in [-0.1, -0.05) is 0 Å². The third-order valence-electron chi connectivity index (χ3n) is 0.435. The van der Waals surface area contributed by atoms with Crippen molar-refractivity contribution in [3.05, 3.63) is 0 Å². The summed E-state index contributed by atoms with van der Waals surface area (Å²) < 4.78 is 7.76. The minimum Gasteiger partial charge on any atom is -0.187 e. The van der Waals surface area contributed by atoms with E-state index in [2.05, 4.69) is 8.76 Å². The van der Waals surface area contributed by atoms with E-state index in [1.54, 1.807) is 0 Å². The second-order valence-corrected chi connectivity index (χ2v) is 4.76. The molecule has 0 amide bonds. The van der Waals surface area contributed by atoms with Crippen LogP contribution in [0.4, 0.5) is 0 Å². The van der Waals surface area contributed by atoms with Gasteiger partial charge in [0.2, 0.25) is 0 Å². The van der Waals surface area contributed by atoms with Gasteiger partial charge in [-0.3, -0.25) is 0 Å². The highest BCUT2D eigenvalue weighted by Crippen LogP contribution is 2.22. The Kier molecular flexibility index (Phi) is 1.72. The van der Waals surface area contributed by atoms with E-state index in [-0.39, 0.29) is 0 Å². The van der Waals surface area contributed by atoms with Crippen LogP contribution in [0.1, 0.15) is 6.92 Å². The molecule has 7 heavy (non-hydrogen) atoms. The fraction of sp³-hybridized carbons (Fsp3) is 0.500. The highest BCUT2D eigenvalue weighted by atomic mass is 35.7. The monoisotopic (exact) mass is 154 g/mol. The first-order valence-electron chi connectivity index (χ1n) is 1.63. The van der Waals surface area contributed by atoms with Gasteiger partial charge in [0, 0.05) is 0 Å². The number of amidine groups is 1. The van der Waals surface area contributed by atoms with Gasteiger partial charge in [-0.25, -0.2) is 0 Å². The maximum atomic E-state index is 5.52. The molecule has 1 heterocycles. The van der Waals surface area contributed by atoms with Gasteiger partial charge in [0.1, 0.15) is 5.84 Å². The van der Waals surface area contributed by atoms with Crippen LogP contribution in [0, 0.1) is 0 Å². The lowest BCUT2D eigenvalue weighted by molar-refractivity contribution is 1.65. The summed E-state index contributed by atoms with van der Waals surface area (Å²) in [5.74, 6) is 0.795. The van der Waals surface area contributed by atoms with E-state index < -0.39 is 8.94 Å². The fourth-order valence-electron chi connectivity index (χ4n) is 0.222. The zero-order valence-electron chi connectivity index (χ0n) is 3.59. The summed E-state index contributed by atoms with van der Waals surface area (Å²) in [6.07, 6.45) is 0. The van der Waals surface area contributed by atoms with Crippen LogP contribution in [0.15, 0.2) is 8.76 Å². The van der Waals surface area contributed by atoms with Crippen molar-refractivity contribution in [1.29, 1.82) is 0 Å². The molecule has 0 spiro atoms. The smallest absolute Gasteiger partial charge is 0.144 e. The largest absolute Gasteiger partial charge is 0.187 e. The Bertz CT molecular complexity index is 141. The third kappa shape index (κ3) is 1.44. The molecule has 0 saturated carbocycles. The summed E-state index contributed by atoms with van der Waals surface area (Å²) in [7, 11) is 6.44. The van der Waals surface area contributed by atoms with Crippen LogP contribution in [-0.2, 0) is 8.94 Å². The van der Waals surface area contributed by atoms with Gasteiger partial charge >= 0.3 is 0 Å². The molecule has 0 N–H and O–H groups in total. The highest BCUT2D eigenvalue weighted by molar-refractivity contribution is 8.78. The summed E-state index contributed by atoms with van der Waals surface area (Å²) in [5.41, 5.74) is 0. The van der Waals surface area contributed by atoms with Crippen molar-refractivity contribution in [2.75, 3.05) is 0 Å². The van der Waals surface area contributed by atoms with Crippen molar-refractivity contribution in [3.8, 4) is 0 Å². The molecular weight excluding hydrogens is 152 g/mol. The normalized spacial score (nSPS) is 29.4. The molecule has 1 aliphatic rings. The number of rotatable bonds is 0. The molecule has 0 bridgehead atoms. The number of hydrogen-bond donors (Lipinski definition) is 0. The first kappa shape index (κ1) is 5.59. The molecule has 0 aliphatic carbocycles. The van der Waals surface area contributed by atoms with Gasteiger partial charge in [-0.05, 0) is 17.6 Å². The van der Waals surface area contributed by atoms with Crippen molar-refractivity contribution in [2.45, 2.75) is 6.92 Å². The Morgan fingerprint density at radius 2 is 2.57 bits per heavy atom. The van der Waals surface area contributed by atoms with Crippen molar-refractivity contribution in [2.24, 2.45) is 8.76 Å². The zero-order valence-corrected chi connectivity index (χ0v) is 5.98. The molecule has 0 aromatic rings. The summed E-state index contributed by atoms with van der Waals surface area (Å²) in [4.78, 5) is 0. The lowest BCUT2D eigenvalue weighted by atomic mass is 10.8. The highest BCUT2D eigenvalue weighted by Gasteiger charge is 2.00. The van der Waals surface area contributed by atoms with E-state index in [1.165, 1.54) is 11.0 Å². The number of hydrogen-bond acceptors (Lipinski definition) is 3. The minimum absolute atomic E-state index is 0.393. The predicted octanol–water partition coefficient (Wildman–Crippen LogP) is 1.94. The fourth-order valence-corrected chi connectivity index (χ4v) is 2.25. The molecule has 1 aliphatic heterocycles. The molecule has 0 fully saturated rings. The Morgan fingerprint density at radius 1 is 1.86 bits per heavy atom. The van der Waals surface area contributed by atoms with Crippen molar-refractivity contribution in [1.82, 2.24) is 0 Å². The molecule has 0 radical (unpaired) electrons. The van der Waals surface area contributed by atoms with Crippen LogP contribution in [0.25, 0.3) is 0 Å². The van der Waals surface area contributed by atoms with Crippen molar-refractivity contribution < 1.29 is 0 Å². The van der Waals surface area contributed by atoms with Gasteiger partial charge in [0.15, 0.2) is 0 Å². The summed E-state index contributed by atoms with van der Waals surface area (Å²) in [5, 5.41) is 0. The molecular formula is C2H3ClN2S2. The van der Waals surface area contributed by atoms with Gasteiger partial charge in [0.25, 0.3) is 0 Å². The minimum atomic E-state index is -0.393. The summed E-state index contributed by atoms with van der Waals surface area (Å²) in [6, 6.07) is 0. The first-order chi connectivity index (χ1) is 3.29. The van der Waals surface area contributed by atoms with E-state index in [0.717, 1.165) is 5.84 Å². The average Bonchev–Trinajstić information content (AvgIpc) is 1.87. The molecule has 5 heteroatoms. The third-order valence-corrected chi connectivity index (χ3v) is 2.83. The summed E-state index contributed by atoms with van der Waals surface area (Å²) >= 11 is 0. The molecule has 0 aromatic carbocycles. The zero-order chi connectivity index (χ0) is 5.28. The first-order valence-corrected chi connectivity index (χ1v) is 4.93. The predicted molar refractivity (Wildman–Crippen MR) is 36.3 cm³/mol. The van der Waals surface area contributed by atoms with Crippen molar-refractivity contribution in [3.63, 3.8) is 0 Å². The standard InChI is InChI=1S/C2H3ClN2S2/c1-2-4-6-7(3)5-2/h1H3. The Labute approximate surface area is 52.5 Å². The van der Waals surface area contributed by atoms with E-state index in [9.17, 15) is 0 Å². The van der Waals surface area contributed by atoms with E-state index in [0.29, 0.717) is 0 Å². The lowest BCUT2D eigenvalue weighted by Crippen LogP contribution is -1.73. The van der Waals surface area contributed by atoms with E-state index >= 15 is 0 Å². The van der Waals surface area contributed by atoms with Crippen LogP contribution in [0.5, 0.6) is 0 Å². The van der Waals surface area contributed by atoms with E-state index in [4.69, 9.17) is 10.7 Å². The Morgan fingerprint density at radius 3 is 2.71 bits per heavy atom. The van der Waals surface area contributed by atoms with Gasteiger partial charge in [-0.2, -0.15) is 8.76 Å². The Hall–Kier alpha value is 0.460.